The molecule has 0 spiro atoms. The first kappa shape index (κ1) is 12.6. The average Bonchev–Trinajstić information content (AvgIpc) is 2.39. The fourth-order valence-corrected chi connectivity index (χ4v) is 1.97. The second-order valence-corrected chi connectivity index (χ2v) is 4.34. The molecule has 0 saturated heterocycles. The van der Waals surface area contributed by atoms with E-state index in [-0.39, 0.29) is 5.69 Å². The first-order valence-corrected chi connectivity index (χ1v) is 5.93. The summed E-state index contributed by atoms with van der Waals surface area (Å²) >= 11 is 6.07. The molecule has 18 heavy (non-hydrogen) atoms. The summed E-state index contributed by atoms with van der Waals surface area (Å²) in [6.07, 6.45) is 0.986. The van der Waals surface area contributed by atoms with Gasteiger partial charge in [0.05, 0.1) is 15.6 Å². The summed E-state index contributed by atoms with van der Waals surface area (Å²) in [5.41, 5.74) is 0.580. The Morgan fingerprint density at radius 1 is 1.56 bits per heavy atom. The van der Waals surface area contributed by atoms with Crippen LogP contribution in [0, 0.1) is 10.1 Å². The highest BCUT2D eigenvalue weighted by atomic mass is 35.5. The smallest absolute Gasteiger partial charge is 0.271 e. The van der Waals surface area contributed by atoms with Gasteiger partial charge in [-0.05, 0) is 12.5 Å². The van der Waals surface area contributed by atoms with Crippen molar-refractivity contribution in [1.29, 1.82) is 0 Å². The molecule has 0 unspecified atom stereocenters. The van der Waals surface area contributed by atoms with Crippen LogP contribution in [0.2, 0.25) is 5.02 Å². The van der Waals surface area contributed by atoms with Crippen molar-refractivity contribution in [2.24, 2.45) is 4.99 Å². The normalized spacial score (nSPS) is 14.7. The first-order valence-electron chi connectivity index (χ1n) is 5.55. The highest BCUT2D eigenvalue weighted by Crippen LogP contribution is 2.29. The summed E-state index contributed by atoms with van der Waals surface area (Å²) in [5, 5.41) is 14.4. The lowest BCUT2D eigenvalue weighted by Crippen LogP contribution is -2.42. The van der Waals surface area contributed by atoms with Gasteiger partial charge in [0.15, 0.2) is 5.96 Å². The van der Waals surface area contributed by atoms with Crippen molar-refractivity contribution in [3.8, 4) is 0 Å². The molecule has 0 amide bonds. The van der Waals surface area contributed by atoms with Crippen molar-refractivity contribution < 1.29 is 4.92 Å². The van der Waals surface area contributed by atoms with Crippen LogP contribution in [-0.2, 0) is 0 Å². The topological polar surface area (TPSA) is 70.8 Å². The van der Waals surface area contributed by atoms with Gasteiger partial charge in [0.1, 0.15) is 0 Å². The number of nitro groups is 1. The Bertz CT molecular complexity index is 504. The molecule has 0 fully saturated rings. The van der Waals surface area contributed by atoms with Gasteiger partial charge in [-0.3, -0.25) is 15.1 Å². The van der Waals surface area contributed by atoms with E-state index in [0.717, 1.165) is 19.5 Å². The molecule has 1 aliphatic heterocycles. The summed E-state index contributed by atoms with van der Waals surface area (Å²) in [5.74, 6) is 0.684. The van der Waals surface area contributed by atoms with Gasteiger partial charge in [-0.1, -0.05) is 11.6 Å². The van der Waals surface area contributed by atoms with Crippen molar-refractivity contribution in [3.05, 3.63) is 33.3 Å². The molecule has 1 heterocycles. The molecule has 6 nitrogen and oxygen atoms in total. The third kappa shape index (κ3) is 2.53. The van der Waals surface area contributed by atoms with E-state index in [1.165, 1.54) is 18.2 Å². The molecule has 0 bridgehead atoms. The maximum absolute atomic E-state index is 10.8. The van der Waals surface area contributed by atoms with Gasteiger partial charge in [0.2, 0.25) is 0 Å². The Balaban J connectivity index is 2.34. The van der Waals surface area contributed by atoms with Crippen molar-refractivity contribution in [2.45, 2.75) is 6.42 Å². The molecule has 0 aromatic heterocycles. The number of aliphatic imine (C=N–C) groups is 1. The average molecular weight is 269 g/mol. The lowest BCUT2D eigenvalue weighted by atomic mass is 10.2. The molecule has 1 aromatic rings. The monoisotopic (exact) mass is 268 g/mol. The number of non-ortho nitro benzene ring substituents is 1. The van der Waals surface area contributed by atoms with Gasteiger partial charge in [-0.15, -0.1) is 0 Å². The van der Waals surface area contributed by atoms with E-state index in [4.69, 9.17) is 11.6 Å². The molecule has 1 N–H and O–H groups in total. The lowest BCUT2D eigenvalue weighted by molar-refractivity contribution is -0.384. The highest BCUT2D eigenvalue weighted by molar-refractivity contribution is 6.34. The summed E-state index contributed by atoms with van der Waals surface area (Å²) in [4.78, 5) is 16.4. The second-order valence-electron chi connectivity index (χ2n) is 3.94. The van der Waals surface area contributed by atoms with Gasteiger partial charge in [-0.2, -0.15) is 0 Å². The van der Waals surface area contributed by atoms with Crippen molar-refractivity contribution in [1.82, 2.24) is 5.32 Å². The quantitative estimate of drug-likeness (QED) is 0.658. The number of hydrogen-bond acceptors (Lipinski definition) is 5. The first-order chi connectivity index (χ1) is 8.59. The molecule has 2 rings (SSSR count). The Morgan fingerprint density at radius 2 is 2.33 bits per heavy atom. The zero-order valence-corrected chi connectivity index (χ0v) is 10.6. The van der Waals surface area contributed by atoms with Crippen LogP contribution in [0.5, 0.6) is 0 Å². The van der Waals surface area contributed by atoms with Crippen LogP contribution in [-0.4, -0.2) is 31.0 Å². The Hall–Kier alpha value is -1.82. The van der Waals surface area contributed by atoms with Crippen LogP contribution in [0.25, 0.3) is 0 Å². The number of guanidine groups is 1. The van der Waals surface area contributed by atoms with E-state index in [9.17, 15) is 10.1 Å². The maximum Gasteiger partial charge on any atom is 0.271 e. The summed E-state index contributed by atoms with van der Waals surface area (Å²) < 4.78 is 0. The Kier molecular flexibility index (Phi) is 3.66. The van der Waals surface area contributed by atoms with Gasteiger partial charge < -0.3 is 10.2 Å². The third-order valence-electron chi connectivity index (χ3n) is 2.70. The standard InChI is InChI=1S/C11H13ClN4O2/c1-15(11-13-5-2-6-14-11)10-7-8(16(17)18)3-4-9(10)12/h3-4,7H,2,5-6H2,1H3,(H,13,14). The molecule has 1 aliphatic rings. The summed E-state index contributed by atoms with van der Waals surface area (Å²) in [7, 11) is 1.78. The second kappa shape index (κ2) is 5.22. The number of rotatable bonds is 2. The molecular formula is C11H13ClN4O2. The maximum atomic E-state index is 10.8. The SMILES string of the molecule is CN(C1=NCCCN1)c1cc([N+](=O)[O-])ccc1Cl. The molecular weight excluding hydrogens is 256 g/mol. The number of nitrogens with one attached hydrogen (secondary N) is 1. The number of nitro benzene ring substituents is 1. The third-order valence-corrected chi connectivity index (χ3v) is 3.02. The molecule has 0 saturated carbocycles. The molecule has 7 heteroatoms. The Labute approximate surface area is 109 Å². The van der Waals surface area contributed by atoms with Crippen molar-refractivity contribution in [3.63, 3.8) is 0 Å². The summed E-state index contributed by atoms with van der Waals surface area (Å²) in [6.45, 7) is 1.59. The lowest BCUT2D eigenvalue weighted by Gasteiger charge is -2.25. The fourth-order valence-electron chi connectivity index (χ4n) is 1.73. The molecule has 0 aliphatic carbocycles. The van der Waals surface area contributed by atoms with Crippen molar-refractivity contribution >= 4 is 28.9 Å². The Morgan fingerprint density at radius 3 is 2.94 bits per heavy atom. The van der Waals surface area contributed by atoms with E-state index in [0.29, 0.717) is 16.7 Å². The largest absolute Gasteiger partial charge is 0.356 e. The zero-order chi connectivity index (χ0) is 13.1. The molecule has 0 atom stereocenters. The van der Waals surface area contributed by atoms with Gasteiger partial charge >= 0.3 is 0 Å². The van der Waals surface area contributed by atoms with E-state index in [1.54, 1.807) is 11.9 Å². The van der Waals surface area contributed by atoms with Crippen LogP contribution < -0.4 is 10.2 Å². The van der Waals surface area contributed by atoms with Gasteiger partial charge in [-0.25, -0.2) is 0 Å². The van der Waals surface area contributed by atoms with Crippen LogP contribution in [0.15, 0.2) is 23.2 Å². The van der Waals surface area contributed by atoms with Crippen LogP contribution in [0.3, 0.4) is 0 Å². The van der Waals surface area contributed by atoms with E-state index >= 15 is 0 Å². The molecule has 1 aromatic carbocycles. The van der Waals surface area contributed by atoms with E-state index in [1.807, 2.05) is 0 Å². The van der Waals surface area contributed by atoms with Crippen LogP contribution in [0.4, 0.5) is 11.4 Å². The number of hydrogen-bond donors (Lipinski definition) is 1. The number of halogens is 1. The molecule has 0 radical (unpaired) electrons. The van der Waals surface area contributed by atoms with Gasteiger partial charge in [0.25, 0.3) is 5.69 Å². The fraction of sp³-hybridized carbons (Fsp3) is 0.364. The zero-order valence-electron chi connectivity index (χ0n) is 9.89. The minimum absolute atomic E-state index is 0.0117. The van der Waals surface area contributed by atoms with E-state index < -0.39 is 4.92 Å². The highest BCUT2D eigenvalue weighted by Gasteiger charge is 2.17. The van der Waals surface area contributed by atoms with Crippen LogP contribution >= 0.6 is 11.6 Å². The van der Waals surface area contributed by atoms with Crippen LogP contribution in [0.1, 0.15) is 6.42 Å². The van der Waals surface area contributed by atoms with Gasteiger partial charge in [0, 0.05) is 32.3 Å². The van der Waals surface area contributed by atoms with Crippen molar-refractivity contribution in [2.75, 3.05) is 25.0 Å². The minimum Gasteiger partial charge on any atom is -0.356 e. The predicted octanol–water partition coefficient (Wildman–Crippen LogP) is 2.03. The predicted molar refractivity (Wildman–Crippen MR) is 71.4 cm³/mol. The van der Waals surface area contributed by atoms with E-state index in [2.05, 4.69) is 10.3 Å². The molecule has 96 valence electrons. The number of anilines is 1. The number of benzene rings is 1. The minimum atomic E-state index is -0.441. The number of nitrogens with zero attached hydrogens (tertiary/aromatic N) is 3. The summed E-state index contributed by atoms with van der Waals surface area (Å²) in [6, 6.07) is 4.35.